The summed E-state index contributed by atoms with van der Waals surface area (Å²) >= 11 is 0. The van der Waals surface area contributed by atoms with Crippen molar-refractivity contribution in [3.63, 3.8) is 0 Å². The highest BCUT2D eigenvalue weighted by molar-refractivity contribution is 5.66. The summed E-state index contributed by atoms with van der Waals surface area (Å²) in [5.41, 5.74) is -0.247. The Morgan fingerprint density at radius 3 is 2.56 bits per heavy atom. The molecule has 2 nitrogen and oxygen atoms in total. The van der Waals surface area contributed by atoms with Crippen LogP contribution < -0.4 is 0 Å². The van der Waals surface area contributed by atoms with Gasteiger partial charge < -0.3 is 4.74 Å². The van der Waals surface area contributed by atoms with Gasteiger partial charge in [0.05, 0.1) is 0 Å². The van der Waals surface area contributed by atoms with Gasteiger partial charge in [0.25, 0.3) is 0 Å². The number of rotatable bonds is 3. The van der Waals surface area contributed by atoms with Gasteiger partial charge in [0, 0.05) is 12.3 Å². The lowest BCUT2D eigenvalue weighted by Crippen LogP contribution is -2.43. The summed E-state index contributed by atoms with van der Waals surface area (Å²) in [7, 11) is 0. The summed E-state index contributed by atoms with van der Waals surface area (Å²) in [6, 6.07) is 0. The molecule has 0 aromatic carbocycles. The average Bonchev–Trinajstić information content (AvgIpc) is 2.35. The minimum absolute atomic E-state index is 0.0537. The van der Waals surface area contributed by atoms with Gasteiger partial charge in [0.2, 0.25) is 0 Å². The first kappa shape index (κ1) is 13.3. The molecule has 0 aliphatic heterocycles. The SMILES string of the molecule is CC=CCC1CCC(C)(OC(C)=O)C1(C)C. The van der Waals surface area contributed by atoms with E-state index in [-0.39, 0.29) is 17.0 Å². The maximum absolute atomic E-state index is 11.2. The van der Waals surface area contributed by atoms with Crippen molar-refractivity contribution in [1.29, 1.82) is 0 Å². The molecule has 0 N–H and O–H groups in total. The number of hydrogen-bond donors (Lipinski definition) is 0. The predicted molar refractivity (Wildman–Crippen MR) is 66.1 cm³/mol. The molecule has 0 heterocycles. The Morgan fingerprint density at radius 1 is 1.44 bits per heavy atom. The van der Waals surface area contributed by atoms with Crippen molar-refractivity contribution < 1.29 is 9.53 Å². The molecule has 2 atom stereocenters. The number of carbonyl (C=O) groups is 1. The summed E-state index contributed by atoms with van der Waals surface area (Å²) in [6.45, 7) is 10.1. The molecule has 1 saturated carbocycles. The number of allylic oxidation sites excluding steroid dienone is 2. The Morgan fingerprint density at radius 2 is 2.06 bits per heavy atom. The number of ether oxygens (including phenoxy) is 1. The van der Waals surface area contributed by atoms with Crippen molar-refractivity contribution >= 4 is 5.97 Å². The van der Waals surface area contributed by atoms with Gasteiger partial charge in [0.1, 0.15) is 5.60 Å². The molecule has 0 bridgehead atoms. The van der Waals surface area contributed by atoms with Crippen LogP contribution in [0, 0.1) is 11.3 Å². The van der Waals surface area contributed by atoms with E-state index in [1.165, 1.54) is 6.92 Å². The van der Waals surface area contributed by atoms with Crippen LogP contribution in [0.25, 0.3) is 0 Å². The molecular formula is C14H24O2. The van der Waals surface area contributed by atoms with E-state index >= 15 is 0 Å². The standard InChI is InChI=1S/C14H24O2/c1-6-7-8-12-9-10-14(5,13(12,3)4)16-11(2)15/h6-7,12H,8-10H2,1-5H3. The lowest BCUT2D eigenvalue weighted by molar-refractivity contribution is -0.166. The van der Waals surface area contributed by atoms with E-state index in [0.29, 0.717) is 5.92 Å². The first-order valence-electron chi connectivity index (χ1n) is 6.14. The molecule has 1 aliphatic rings. The van der Waals surface area contributed by atoms with Crippen molar-refractivity contribution in [1.82, 2.24) is 0 Å². The van der Waals surface area contributed by atoms with Gasteiger partial charge in [-0.05, 0) is 39.0 Å². The van der Waals surface area contributed by atoms with Crippen molar-refractivity contribution in [2.45, 2.75) is 59.5 Å². The molecule has 2 heteroatoms. The van der Waals surface area contributed by atoms with Crippen molar-refractivity contribution in [3.8, 4) is 0 Å². The Hall–Kier alpha value is -0.790. The smallest absolute Gasteiger partial charge is 0.303 e. The van der Waals surface area contributed by atoms with E-state index in [1.807, 2.05) is 6.92 Å². The Balaban J connectivity index is 2.81. The molecule has 0 radical (unpaired) electrons. The third kappa shape index (κ3) is 2.31. The maximum Gasteiger partial charge on any atom is 0.303 e. The van der Waals surface area contributed by atoms with Gasteiger partial charge in [-0.2, -0.15) is 0 Å². The molecule has 0 spiro atoms. The second kappa shape index (κ2) is 4.60. The fourth-order valence-corrected chi connectivity index (χ4v) is 2.78. The average molecular weight is 224 g/mol. The van der Waals surface area contributed by atoms with Crippen LogP contribution in [0.2, 0.25) is 0 Å². The topological polar surface area (TPSA) is 26.3 Å². The molecule has 2 unspecified atom stereocenters. The monoisotopic (exact) mass is 224 g/mol. The van der Waals surface area contributed by atoms with Crippen LogP contribution in [0.3, 0.4) is 0 Å². The summed E-state index contributed by atoms with van der Waals surface area (Å²) in [4.78, 5) is 11.2. The van der Waals surface area contributed by atoms with Gasteiger partial charge in [-0.15, -0.1) is 0 Å². The highest BCUT2D eigenvalue weighted by atomic mass is 16.6. The molecule has 0 saturated heterocycles. The van der Waals surface area contributed by atoms with Crippen LogP contribution in [-0.2, 0) is 9.53 Å². The minimum Gasteiger partial charge on any atom is -0.459 e. The molecule has 16 heavy (non-hydrogen) atoms. The van der Waals surface area contributed by atoms with Crippen LogP contribution >= 0.6 is 0 Å². The molecule has 0 aromatic heterocycles. The molecule has 0 aromatic rings. The third-order valence-corrected chi connectivity index (χ3v) is 4.38. The Bertz CT molecular complexity index is 291. The summed E-state index contributed by atoms with van der Waals surface area (Å²) in [5, 5.41) is 0. The maximum atomic E-state index is 11.2. The third-order valence-electron chi connectivity index (χ3n) is 4.38. The van der Waals surface area contributed by atoms with Crippen LogP contribution in [0.4, 0.5) is 0 Å². The van der Waals surface area contributed by atoms with E-state index in [1.54, 1.807) is 0 Å². The van der Waals surface area contributed by atoms with E-state index in [9.17, 15) is 4.79 Å². The zero-order valence-corrected chi connectivity index (χ0v) is 11.2. The second-order valence-electron chi connectivity index (χ2n) is 5.59. The normalized spacial score (nSPS) is 33.2. The Kier molecular flexibility index (Phi) is 3.82. The van der Waals surface area contributed by atoms with Gasteiger partial charge in [-0.3, -0.25) is 4.79 Å². The van der Waals surface area contributed by atoms with E-state index in [2.05, 4.69) is 32.9 Å². The first-order valence-corrected chi connectivity index (χ1v) is 6.14. The van der Waals surface area contributed by atoms with E-state index < -0.39 is 0 Å². The van der Waals surface area contributed by atoms with Gasteiger partial charge in [-0.1, -0.05) is 26.0 Å². The van der Waals surface area contributed by atoms with E-state index in [4.69, 9.17) is 4.74 Å². The predicted octanol–water partition coefficient (Wildman–Crippen LogP) is 3.71. The summed E-state index contributed by atoms with van der Waals surface area (Å²) < 4.78 is 5.56. The zero-order valence-electron chi connectivity index (χ0n) is 11.2. The highest BCUT2D eigenvalue weighted by Crippen LogP contribution is 2.53. The van der Waals surface area contributed by atoms with Crippen molar-refractivity contribution in [3.05, 3.63) is 12.2 Å². The quantitative estimate of drug-likeness (QED) is 0.539. The number of esters is 1. The molecular weight excluding hydrogens is 200 g/mol. The molecule has 1 fully saturated rings. The molecule has 0 amide bonds. The fourth-order valence-electron chi connectivity index (χ4n) is 2.78. The highest BCUT2D eigenvalue weighted by Gasteiger charge is 2.53. The number of carbonyl (C=O) groups excluding carboxylic acids is 1. The molecule has 1 aliphatic carbocycles. The van der Waals surface area contributed by atoms with Crippen LogP contribution in [0.15, 0.2) is 12.2 Å². The fraction of sp³-hybridized carbons (Fsp3) is 0.786. The Labute approximate surface area is 99.1 Å². The molecule has 1 rings (SSSR count). The molecule has 92 valence electrons. The zero-order chi connectivity index (χ0) is 12.4. The lowest BCUT2D eigenvalue weighted by Gasteiger charge is -2.40. The van der Waals surface area contributed by atoms with Crippen molar-refractivity contribution in [2.75, 3.05) is 0 Å². The van der Waals surface area contributed by atoms with Gasteiger partial charge in [-0.25, -0.2) is 0 Å². The minimum atomic E-state index is -0.301. The largest absolute Gasteiger partial charge is 0.459 e. The second-order valence-corrected chi connectivity index (χ2v) is 5.59. The van der Waals surface area contributed by atoms with Crippen LogP contribution in [-0.4, -0.2) is 11.6 Å². The summed E-state index contributed by atoms with van der Waals surface area (Å²) in [6.07, 6.45) is 7.51. The number of hydrogen-bond acceptors (Lipinski definition) is 2. The lowest BCUT2D eigenvalue weighted by atomic mass is 9.72. The van der Waals surface area contributed by atoms with Crippen molar-refractivity contribution in [2.24, 2.45) is 11.3 Å². The van der Waals surface area contributed by atoms with Gasteiger partial charge in [0.15, 0.2) is 0 Å². The van der Waals surface area contributed by atoms with Gasteiger partial charge >= 0.3 is 5.97 Å². The summed E-state index contributed by atoms with van der Waals surface area (Å²) in [5.74, 6) is 0.440. The van der Waals surface area contributed by atoms with Crippen LogP contribution in [0.1, 0.15) is 53.9 Å². The van der Waals surface area contributed by atoms with E-state index in [0.717, 1.165) is 19.3 Å². The first-order chi connectivity index (χ1) is 7.33. The van der Waals surface area contributed by atoms with Crippen LogP contribution in [0.5, 0.6) is 0 Å².